The van der Waals surface area contributed by atoms with E-state index in [4.69, 9.17) is 4.74 Å². The van der Waals surface area contributed by atoms with E-state index in [1.54, 1.807) is 0 Å². The molecule has 0 aromatic heterocycles. The number of halogens is 3. The van der Waals surface area contributed by atoms with Gasteiger partial charge in [-0.05, 0) is 17.6 Å². The zero-order chi connectivity index (χ0) is 16.4. The normalized spacial score (nSPS) is 13.9. The maximum absolute atomic E-state index is 12.7. The van der Waals surface area contributed by atoms with Crippen molar-refractivity contribution in [2.75, 3.05) is 13.2 Å². The summed E-state index contributed by atoms with van der Waals surface area (Å²) in [7, 11) is 0. The van der Waals surface area contributed by atoms with E-state index in [-0.39, 0.29) is 19.1 Å². The Hall–Kier alpha value is -1.37. The fourth-order valence-electron chi connectivity index (χ4n) is 1.44. The van der Waals surface area contributed by atoms with E-state index in [1.165, 1.54) is 6.08 Å². The Balaban J connectivity index is 2.34. The Bertz CT molecular complexity index is 430. The first-order valence-corrected chi connectivity index (χ1v) is 7.03. The van der Waals surface area contributed by atoms with Crippen LogP contribution in [0.4, 0.5) is 13.2 Å². The summed E-state index contributed by atoms with van der Waals surface area (Å²) < 4.78 is 43.4. The van der Waals surface area contributed by atoms with Crippen molar-refractivity contribution in [2.24, 2.45) is 5.92 Å². The predicted octanol–water partition coefficient (Wildman–Crippen LogP) is 4.29. The summed E-state index contributed by atoms with van der Waals surface area (Å²) in [5.41, 5.74) is 0.958. The van der Waals surface area contributed by atoms with Gasteiger partial charge < -0.3 is 4.74 Å². The Morgan fingerprint density at radius 3 is 2.41 bits per heavy atom. The lowest BCUT2D eigenvalue weighted by molar-refractivity contribution is -0.369. The smallest absolute Gasteiger partial charge is 0.373 e. The largest absolute Gasteiger partial charge is 0.421 e. The zero-order valence-electron chi connectivity index (χ0n) is 12.7. The molecule has 6 heteroatoms. The summed E-state index contributed by atoms with van der Waals surface area (Å²) in [6.07, 6.45) is -4.44. The standard InChI is InChI=1S/C16H21F3O3/c1-13(2)11-21-22-15(16(17,18)19)9-6-10-20-12-14-7-4-3-5-8-14/h3-9,13,15H,10-12H2,1-2H3. The van der Waals surface area contributed by atoms with Crippen molar-refractivity contribution in [2.45, 2.75) is 32.7 Å². The van der Waals surface area contributed by atoms with Gasteiger partial charge in [-0.3, -0.25) is 0 Å². The highest BCUT2D eigenvalue weighted by Gasteiger charge is 2.40. The number of hydrogen-bond acceptors (Lipinski definition) is 3. The van der Waals surface area contributed by atoms with Crippen LogP contribution in [0.1, 0.15) is 19.4 Å². The average molecular weight is 318 g/mol. The van der Waals surface area contributed by atoms with Gasteiger partial charge in [0, 0.05) is 0 Å². The second kappa shape index (κ2) is 9.61. The van der Waals surface area contributed by atoms with E-state index in [1.807, 2.05) is 44.2 Å². The van der Waals surface area contributed by atoms with Gasteiger partial charge >= 0.3 is 6.18 Å². The number of hydrogen-bond donors (Lipinski definition) is 0. The first-order valence-electron chi connectivity index (χ1n) is 7.03. The molecule has 0 saturated carbocycles. The fraction of sp³-hybridized carbons (Fsp3) is 0.500. The van der Waals surface area contributed by atoms with E-state index in [0.717, 1.165) is 11.6 Å². The summed E-state index contributed by atoms with van der Waals surface area (Å²) in [5, 5.41) is 0. The number of ether oxygens (including phenoxy) is 1. The third kappa shape index (κ3) is 8.17. The molecule has 0 bridgehead atoms. The highest BCUT2D eigenvalue weighted by atomic mass is 19.4. The van der Waals surface area contributed by atoms with E-state index in [2.05, 4.69) is 9.78 Å². The summed E-state index contributed by atoms with van der Waals surface area (Å²) in [6.45, 7) is 4.14. The maximum atomic E-state index is 12.7. The molecule has 3 nitrogen and oxygen atoms in total. The van der Waals surface area contributed by atoms with Gasteiger partial charge in [0.05, 0.1) is 19.8 Å². The number of benzene rings is 1. The van der Waals surface area contributed by atoms with E-state index >= 15 is 0 Å². The predicted molar refractivity (Wildman–Crippen MR) is 77.0 cm³/mol. The van der Waals surface area contributed by atoms with Gasteiger partial charge in [-0.25, -0.2) is 9.78 Å². The number of alkyl halides is 3. The summed E-state index contributed by atoms with van der Waals surface area (Å²) in [5.74, 6) is 0.0899. The monoisotopic (exact) mass is 318 g/mol. The summed E-state index contributed by atoms with van der Waals surface area (Å²) in [4.78, 5) is 9.01. The first kappa shape index (κ1) is 18.7. The molecule has 1 atom stereocenters. The molecule has 0 heterocycles. The van der Waals surface area contributed by atoms with Crippen molar-refractivity contribution < 1.29 is 27.7 Å². The van der Waals surface area contributed by atoms with E-state index in [0.29, 0.717) is 6.61 Å². The Labute approximate surface area is 128 Å². The third-order valence-electron chi connectivity index (χ3n) is 2.53. The van der Waals surface area contributed by atoms with E-state index < -0.39 is 12.3 Å². The van der Waals surface area contributed by atoms with Crippen LogP contribution in [0.5, 0.6) is 0 Å². The van der Waals surface area contributed by atoms with Crippen LogP contribution in [0.15, 0.2) is 42.5 Å². The second-order valence-electron chi connectivity index (χ2n) is 5.17. The molecule has 0 aliphatic heterocycles. The third-order valence-corrected chi connectivity index (χ3v) is 2.53. The van der Waals surface area contributed by atoms with Gasteiger partial charge in [0.2, 0.25) is 6.10 Å². The van der Waals surface area contributed by atoms with Gasteiger partial charge in [0.25, 0.3) is 0 Å². The van der Waals surface area contributed by atoms with Crippen LogP contribution in [-0.4, -0.2) is 25.5 Å². The van der Waals surface area contributed by atoms with Crippen molar-refractivity contribution in [1.29, 1.82) is 0 Å². The molecule has 1 aromatic rings. The minimum absolute atomic E-state index is 0.0645. The SMILES string of the molecule is CC(C)COOC(C=CCOCc1ccccc1)C(F)(F)F. The molecular weight excluding hydrogens is 297 g/mol. The minimum atomic E-state index is -4.52. The number of rotatable bonds is 9. The lowest BCUT2D eigenvalue weighted by Crippen LogP contribution is -2.30. The summed E-state index contributed by atoms with van der Waals surface area (Å²) >= 11 is 0. The van der Waals surface area contributed by atoms with Crippen LogP contribution >= 0.6 is 0 Å². The van der Waals surface area contributed by atoms with Crippen LogP contribution in [0.2, 0.25) is 0 Å². The first-order chi connectivity index (χ1) is 10.4. The zero-order valence-corrected chi connectivity index (χ0v) is 12.7. The summed E-state index contributed by atoms with van der Waals surface area (Å²) in [6, 6.07) is 9.38. The van der Waals surface area contributed by atoms with Crippen LogP contribution in [0.3, 0.4) is 0 Å². The van der Waals surface area contributed by atoms with Crippen LogP contribution in [0, 0.1) is 5.92 Å². The molecule has 0 aliphatic carbocycles. The fourth-order valence-corrected chi connectivity index (χ4v) is 1.44. The molecule has 0 amide bonds. The van der Waals surface area contributed by atoms with Gasteiger partial charge in [0.15, 0.2) is 0 Å². The van der Waals surface area contributed by atoms with Crippen LogP contribution < -0.4 is 0 Å². The van der Waals surface area contributed by atoms with Crippen molar-refractivity contribution in [3.63, 3.8) is 0 Å². The van der Waals surface area contributed by atoms with Crippen molar-refractivity contribution in [3.8, 4) is 0 Å². The van der Waals surface area contributed by atoms with Gasteiger partial charge in [-0.1, -0.05) is 50.3 Å². The van der Waals surface area contributed by atoms with Gasteiger partial charge in [-0.2, -0.15) is 13.2 Å². The quantitative estimate of drug-likeness (QED) is 0.294. The molecule has 1 aromatic carbocycles. The lowest BCUT2D eigenvalue weighted by atomic mass is 10.2. The molecule has 0 aliphatic rings. The topological polar surface area (TPSA) is 27.7 Å². The van der Waals surface area contributed by atoms with Crippen molar-refractivity contribution >= 4 is 0 Å². The molecule has 0 N–H and O–H groups in total. The maximum Gasteiger partial charge on any atom is 0.421 e. The lowest BCUT2D eigenvalue weighted by Gasteiger charge is -2.17. The molecule has 1 unspecified atom stereocenters. The molecule has 0 fully saturated rings. The molecule has 22 heavy (non-hydrogen) atoms. The highest BCUT2D eigenvalue weighted by molar-refractivity contribution is 5.13. The molecular formula is C16H21F3O3. The molecule has 0 radical (unpaired) electrons. The molecule has 0 spiro atoms. The molecule has 124 valence electrons. The van der Waals surface area contributed by atoms with Crippen molar-refractivity contribution in [1.82, 2.24) is 0 Å². The molecule has 0 saturated heterocycles. The van der Waals surface area contributed by atoms with E-state index in [9.17, 15) is 13.2 Å². The van der Waals surface area contributed by atoms with Gasteiger partial charge in [0.1, 0.15) is 0 Å². The van der Waals surface area contributed by atoms with Crippen LogP contribution in [0.25, 0.3) is 0 Å². The second-order valence-corrected chi connectivity index (χ2v) is 5.17. The Kier molecular flexibility index (Phi) is 8.16. The van der Waals surface area contributed by atoms with Crippen molar-refractivity contribution in [3.05, 3.63) is 48.0 Å². The minimum Gasteiger partial charge on any atom is -0.373 e. The Morgan fingerprint density at radius 2 is 1.82 bits per heavy atom. The van der Waals surface area contributed by atoms with Gasteiger partial charge in [-0.15, -0.1) is 0 Å². The molecule has 1 rings (SSSR count). The average Bonchev–Trinajstić information content (AvgIpc) is 2.44. The highest BCUT2D eigenvalue weighted by Crippen LogP contribution is 2.24. The Morgan fingerprint density at radius 1 is 1.14 bits per heavy atom. The van der Waals surface area contributed by atoms with Crippen LogP contribution in [-0.2, 0) is 21.1 Å².